The highest BCUT2D eigenvalue weighted by Gasteiger charge is 2.50. The van der Waals surface area contributed by atoms with Crippen molar-refractivity contribution >= 4 is 7.12 Å². The van der Waals surface area contributed by atoms with Crippen LogP contribution in [0.4, 0.5) is 0 Å². The van der Waals surface area contributed by atoms with E-state index >= 15 is 0 Å². The van der Waals surface area contributed by atoms with E-state index < -0.39 is 0 Å². The summed E-state index contributed by atoms with van der Waals surface area (Å²) in [4.78, 5) is 0. The lowest BCUT2D eigenvalue weighted by atomic mass is 9.79. The summed E-state index contributed by atoms with van der Waals surface area (Å²) in [6, 6.07) is 0. The molecule has 3 heteroatoms. The fraction of sp³-hybridized carbons (Fsp3) is 0.867. The van der Waals surface area contributed by atoms with Crippen molar-refractivity contribution in [3.8, 4) is 0 Å². The number of rotatable bonds is 2. The second kappa shape index (κ2) is 5.01. The van der Waals surface area contributed by atoms with Gasteiger partial charge in [0.05, 0.1) is 11.2 Å². The molecule has 0 radical (unpaired) electrons. The highest BCUT2D eigenvalue weighted by atomic mass is 16.7. The Morgan fingerprint density at radius 3 is 2.33 bits per heavy atom. The molecule has 102 valence electrons. The lowest BCUT2D eigenvalue weighted by Crippen LogP contribution is -2.41. The van der Waals surface area contributed by atoms with Crippen molar-refractivity contribution in [2.75, 3.05) is 0 Å². The average molecular weight is 250 g/mol. The van der Waals surface area contributed by atoms with Crippen molar-refractivity contribution < 1.29 is 9.31 Å². The molecule has 1 unspecified atom stereocenters. The molecule has 0 aromatic heterocycles. The predicted molar refractivity (Wildman–Crippen MR) is 76.6 cm³/mol. The van der Waals surface area contributed by atoms with E-state index in [2.05, 4.69) is 40.7 Å². The number of hydrogen-bond donors (Lipinski definition) is 0. The maximum atomic E-state index is 6.02. The third-order valence-electron chi connectivity index (χ3n) is 4.86. The molecule has 2 aliphatic rings. The van der Waals surface area contributed by atoms with E-state index in [9.17, 15) is 0 Å². The van der Waals surface area contributed by atoms with Gasteiger partial charge >= 0.3 is 7.12 Å². The molecule has 1 saturated carbocycles. The molecule has 0 aromatic carbocycles. The maximum absolute atomic E-state index is 6.02. The van der Waals surface area contributed by atoms with E-state index in [1.54, 1.807) is 5.57 Å². The Balaban J connectivity index is 1.94. The third kappa shape index (κ3) is 2.83. The van der Waals surface area contributed by atoms with E-state index in [0.29, 0.717) is 0 Å². The lowest BCUT2D eigenvalue weighted by molar-refractivity contribution is 0.00578. The fourth-order valence-electron chi connectivity index (χ4n) is 2.82. The summed E-state index contributed by atoms with van der Waals surface area (Å²) in [5, 5.41) is 0. The van der Waals surface area contributed by atoms with Gasteiger partial charge in [-0.25, -0.2) is 0 Å². The summed E-state index contributed by atoms with van der Waals surface area (Å²) in [6.45, 7) is 10.8. The molecule has 1 aliphatic carbocycles. The van der Waals surface area contributed by atoms with Gasteiger partial charge in [-0.1, -0.05) is 25.0 Å². The van der Waals surface area contributed by atoms with Gasteiger partial charge in [0, 0.05) is 6.32 Å². The Labute approximate surface area is 112 Å². The van der Waals surface area contributed by atoms with Gasteiger partial charge in [-0.2, -0.15) is 0 Å². The van der Waals surface area contributed by atoms with Crippen LogP contribution in [0.1, 0.15) is 60.3 Å². The minimum atomic E-state index is -0.200. The van der Waals surface area contributed by atoms with Gasteiger partial charge in [-0.05, 0) is 52.9 Å². The smallest absolute Gasteiger partial charge is 0.403 e. The van der Waals surface area contributed by atoms with E-state index in [-0.39, 0.29) is 18.3 Å². The molecule has 18 heavy (non-hydrogen) atoms. The first-order valence-corrected chi connectivity index (χ1v) is 7.36. The molecule has 2 rings (SSSR count). The largest absolute Gasteiger partial charge is 0.461 e. The maximum Gasteiger partial charge on any atom is 0.461 e. The monoisotopic (exact) mass is 250 g/mol. The zero-order valence-electron chi connectivity index (χ0n) is 12.6. The van der Waals surface area contributed by atoms with Crippen molar-refractivity contribution in [1.29, 1.82) is 0 Å². The molecular formula is C15H27BO2. The minimum absolute atomic E-state index is 0.0726. The highest BCUT2D eigenvalue weighted by Crippen LogP contribution is 2.38. The van der Waals surface area contributed by atoms with Gasteiger partial charge in [0.1, 0.15) is 0 Å². The molecule has 0 amide bonds. The van der Waals surface area contributed by atoms with Crippen LogP contribution in [0.5, 0.6) is 0 Å². The molecular weight excluding hydrogens is 223 g/mol. The van der Waals surface area contributed by atoms with Crippen LogP contribution in [0, 0.1) is 5.92 Å². The van der Waals surface area contributed by atoms with E-state index in [4.69, 9.17) is 9.31 Å². The normalized spacial score (nSPS) is 33.1. The summed E-state index contributed by atoms with van der Waals surface area (Å²) in [5.41, 5.74) is 1.21. The van der Waals surface area contributed by atoms with Gasteiger partial charge in [0.2, 0.25) is 0 Å². The van der Waals surface area contributed by atoms with E-state index in [1.165, 1.54) is 25.7 Å². The summed E-state index contributed by atoms with van der Waals surface area (Å²) in [6.07, 6.45) is 8.60. The Morgan fingerprint density at radius 1 is 1.17 bits per heavy atom. The van der Waals surface area contributed by atoms with Gasteiger partial charge in [-0.3, -0.25) is 0 Å². The summed E-state index contributed by atoms with van der Waals surface area (Å²) >= 11 is 0. The van der Waals surface area contributed by atoms with Crippen molar-refractivity contribution in [2.45, 2.75) is 77.8 Å². The first-order valence-electron chi connectivity index (χ1n) is 7.36. The summed E-state index contributed by atoms with van der Waals surface area (Å²) in [5.74, 6) is 0.751. The standard InChI is InChI=1S/C15H27BO2/c1-12-8-6-7-9-13(12)10-11-16-17-14(2,3)15(4,5)18-16/h10,12H,6-9,11H2,1-5H3/b13-10+. The van der Waals surface area contributed by atoms with Crippen molar-refractivity contribution in [3.63, 3.8) is 0 Å². The van der Waals surface area contributed by atoms with Crippen LogP contribution >= 0.6 is 0 Å². The molecule has 0 aromatic rings. The van der Waals surface area contributed by atoms with Crippen LogP contribution < -0.4 is 0 Å². The molecule has 1 heterocycles. The number of allylic oxidation sites excluding steroid dienone is 2. The van der Waals surface area contributed by atoms with Crippen LogP contribution in [-0.4, -0.2) is 18.3 Å². The third-order valence-corrected chi connectivity index (χ3v) is 4.86. The van der Waals surface area contributed by atoms with Crippen LogP contribution in [0.15, 0.2) is 11.6 Å². The van der Waals surface area contributed by atoms with E-state index in [0.717, 1.165) is 12.2 Å². The first kappa shape index (κ1) is 14.1. The van der Waals surface area contributed by atoms with Gasteiger partial charge in [-0.15, -0.1) is 0 Å². The Kier molecular flexibility index (Phi) is 3.94. The number of hydrogen-bond acceptors (Lipinski definition) is 2. The van der Waals surface area contributed by atoms with Gasteiger partial charge in [0.25, 0.3) is 0 Å². The Morgan fingerprint density at radius 2 is 1.78 bits per heavy atom. The molecule has 1 atom stereocenters. The molecule has 2 nitrogen and oxygen atoms in total. The lowest BCUT2D eigenvalue weighted by Gasteiger charge is -2.32. The molecule has 1 saturated heterocycles. The Hall–Kier alpha value is -0.275. The van der Waals surface area contributed by atoms with Crippen LogP contribution in [0.25, 0.3) is 0 Å². The zero-order chi connectivity index (χ0) is 13.4. The second-order valence-electron chi connectivity index (χ2n) is 6.85. The zero-order valence-corrected chi connectivity index (χ0v) is 12.6. The van der Waals surface area contributed by atoms with Crippen LogP contribution in [0.2, 0.25) is 6.32 Å². The second-order valence-corrected chi connectivity index (χ2v) is 6.85. The fourth-order valence-corrected chi connectivity index (χ4v) is 2.82. The van der Waals surface area contributed by atoms with Crippen LogP contribution in [-0.2, 0) is 9.31 Å². The summed E-state index contributed by atoms with van der Waals surface area (Å²) in [7, 11) is -0.0726. The topological polar surface area (TPSA) is 18.5 Å². The first-order chi connectivity index (χ1) is 8.32. The minimum Gasteiger partial charge on any atom is -0.403 e. The van der Waals surface area contributed by atoms with E-state index in [1.807, 2.05) is 0 Å². The van der Waals surface area contributed by atoms with Crippen molar-refractivity contribution in [2.24, 2.45) is 5.92 Å². The van der Waals surface area contributed by atoms with Crippen molar-refractivity contribution in [1.82, 2.24) is 0 Å². The molecule has 0 N–H and O–H groups in total. The Bertz CT molecular complexity index is 317. The molecule has 1 aliphatic heterocycles. The summed E-state index contributed by atoms with van der Waals surface area (Å²) < 4.78 is 12.0. The SMILES string of the molecule is CC1CCCC/C1=C\CB1OC(C)(C)C(C)(C)O1. The predicted octanol–water partition coefficient (Wildman–Crippen LogP) is 4.22. The highest BCUT2D eigenvalue weighted by molar-refractivity contribution is 6.46. The van der Waals surface area contributed by atoms with Gasteiger partial charge < -0.3 is 9.31 Å². The van der Waals surface area contributed by atoms with Gasteiger partial charge in [0.15, 0.2) is 0 Å². The molecule has 0 spiro atoms. The molecule has 2 fully saturated rings. The average Bonchev–Trinajstić information content (AvgIpc) is 2.46. The quantitative estimate of drug-likeness (QED) is 0.539. The van der Waals surface area contributed by atoms with Crippen LogP contribution in [0.3, 0.4) is 0 Å². The molecule has 0 bridgehead atoms. The van der Waals surface area contributed by atoms with Crippen molar-refractivity contribution in [3.05, 3.63) is 11.6 Å².